The smallest absolute Gasteiger partial charge is 0.222 e. The number of carbonyl (C=O) groups is 1. The van der Waals surface area contributed by atoms with E-state index in [9.17, 15) is 4.79 Å². The van der Waals surface area contributed by atoms with Gasteiger partial charge in [-0.2, -0.15) is 0 Å². The van der Waals surface area contributed by atoms with Gasteiger partial charge in [-0.3, -0.25) is 4.79 Å². The second kappa shape index (κ2) is 11.4. The monoisotopic (exact) mass is 389 g/mol. The number of piperidine rings is 1. The molecule has 1 aliphatic rings. The molecular formula is C23H39N3O2. The summed E-state index contributed by atoms with van der Waals surface area (Å²) in [5, 5.41) is 0. The van der Waals surface area contributed by atoms with Gasteiger partial charge in [0.05, 0.1) is 7.11 Å². The van der Waals surface area contributed by atoms with E-state index >= 15 is 0 Å². The first-order chi connectivity index (χ1) is 13.4. The minimum absolute atomic E-state index is 0.330. The molecule has 5 nitrogen and oxygen atoms in total. The van der Waals surface area contributed by atoms with Crippen LogP contribution < -0.4 is 4.74 Å². The molecule has 2 rings (SSSR count). The summed E-state index contributed by atoms with van der Waals surface area (Å²) in [5.41, 5.74) is 1.33. The van der Waals surface area contributed by atoms with E-state index < -0.39 is 0 Å². The van der Waals surface area contributed by atoms with E-state index in [4.69, 9.17) is 4.74 Å². The van der Waals surface area contributed by atoms with Crippen molar-refractivity contribution in [3.8, 4) is 5.75 Å². The average molecular weight is 390 g/mol. The Bertz CT molecular complexity index is 580. The maximum Gasteiger partial charge on any atom is 0.222 e. The lowest BCUT2D eigenvalue weighted by atomic mass is 10.0. The Morgan fingerprint density at radius 2 is 1.86 bits per heavy atom. The van der Waals surface area contributed by atoms with Crippen molar-refractivity contribution in [3.05, 3.63) is 29.8 Å². The summed E-state index contributed by atoms with van der Waals surface area (Å²) in [7, 11) is 5.96. The van der Waals surface area contributed by atoms with Crippen molar-refractivity contribution in [1.82, 2.24) is 14.7 Å². The summed E-state index contributed by atoms with van der Waals surface area (Å²) in [6.07, 6.45) is 4.81. The molecule has 0 aromatic heterocycles. The number of amides is 1. The van der Waals surface area contributed by atoms with Crippen molar-refractivity contribution >= 4 is 5.91 Å². The van der Waals surface area contributed by atoms with E-state index in [1.807, 2.05) is 12.1 Å². The molecule has 0 unspecified atom stereocenters. The third kappa shape index (κ3) is 6.78. The van der Waals surface area contributed by atoms with Crippen LogP contribution in [0, 0.1) is 0 Å². The van der Waals surface area contributed by atoms with Gasteiger partial charge in [0.15, 0.2) is 0 Å². The van der Waals surface area contributed by atoms with Crippen LogP contribution >= 0.6 is 0 Å². The summed E-state index contributed by atoms with van der Waals surface area (Å²) >= 11 is 0. The highest BCUT2D eigenvalue weighted by Gasteiger charge is 2.23. The zero-order valence-electron chi connectivity index (χ0n) is 18.5. The Kier molecular flexibility index (Phi) is 9.26. The number of carbonyl (C=O) groups excluding carboxylic acids is 1. The van der Waals surface area contributed by atoms with E-state index in [0.717, 1.165) is 57.6 Å². The van der Waals surface area contributed by atoms with Crippen LogP contribution in [-0.2, 0) is 11.2 Å². The van der Waals surface area contributed by atoms with Crippen molar-refractivity contribution in [2.24, 2.45) is 0 Å². The Balaban J connectivity index is 1.72. The molecule has 0 aliphatic carbocycles. The highest BCUT2D eigenvalue weighted by atomic mass is 16.5. The zero-order valence-corrected chi connectivity index (χ0v) is 18.5. The fourth-order valence-electron chi connectivity index (χ4n) is 4.15. The predicted octanol–water partition coefficient (Wildman–Crippen LogP) is 3.28. The van der Waals surface area contributed by atoms with Gasteiger partial charge in [-0.05, 0) is 77.5 Å². The topological polar surface area (TPSA) is 36.0 Å². The van der Waals surface area contributed by atoms with Gasteiger partial charge in [-0.25, -0.2) is 0 Å². The fourth-order valence-corrected chi connectivity index (χ4v) is 4.15. The Morgan fingerprint density at radius 3 is 2.39 bits per heavy atom. The molecule has 1 saturated heterocycles. The first-order valence-electron chi connectivity index (χ1n) is 10.8. The third-order valence-corrected chi connectivity index (χ3v) is 6.10. The van der Waals surface area contributed by atoms with E-state index in [0.29, 0.717) is 24.4 Å². The number of likely N-dealkylation sites (tertiary alicyclic amines) is 1. The number of hydrogen-bond donors (Lipinski definition) is 0. The first-order valence-corrected chi connectivity index (χ1v) is 10.8. The molecule has 1 aliphatic heterocycles. The predicted molar refractivity (Wildman–Crippen MR) is 116 cm³/mol. The van der Waals surface area contributed by atoms with Gasteiger partial charge in [-0.1, -0.05) is 19.1 Å². The quantitative estimate of drug-likeness (QED) is 0.615. The van der Waals surface area contributed by atoms with Gasteiger partial charge in [0.25, 0.3) is 0 Å². The normalized spacial score (nSPS) is 16.6. The molecule has 1 atom stereocenters. The van der Waals surface area contributed by atoms with Gasteiger partial charge in [0.1, 0.15) is 5.75 Å². The number of nitrogens with zero attached hydrogens (tertiary/aromatic N) is 3. The minimum atomic E-state index is 0.330. The van der Waals surface area contributed by atoms with Crippen LogP contribution in [0.2, 0.25) is 0 Å². The van der Waals surface area contributed by atoms with Gasteiger partial charge < -0.3 is 19.4 Å². The van der Waals surface area contributed by atoms with Crippen LogP contribution in [0.1, 0.15) is 45.1 Å². The number of methoxy groups -OCH3 is 1. The van der Waals surface area contributed by atoms with Crippen LogP contribution in [0.5, 0.6) is 5.75 Å². The Hall–Kier alpha value is -1.59. The molecule has 1 fully saturated rings. The summed E-state index contributed by atoms with van der Waals surface area (Å²) in [4.78, 5) is 19.4. The lowest BCUT2D eigenvalue weighted by molar-refractivity contribution is -0.132. The molecule has 28 heavy (non-hydrogen) atoms. The van der Waals surface area contributed by atoms with Gasteiger partial charge in [0.2, 0.25) is 5.91 Å². The molecule has 0 bridgehead atoms. The van der Waals surface area contributed by atoms with Crippen molar-refractivity contribution in [2.45, 2.75) is 58.0 Å². The van der Waals surface area contributed by atoms with Crippen LogP contribution in [0.25, 0.3) is 0 Å². The summed E-state index contributed by atoms with van der Waals surface area (Å²) in [6, 6.07) is 9.42. The summed E-state index contributed by atoms with van der Waals surface area (Å²) < 4.78 is 5.24. The molecule has 0 spiro atoms. The van der Waals surface area contributed by atoms with Crippen molar-refractivity contribution in [3.63, 3.8) is 0 Å². The lowest BCUT2D eigenvalue weighted by Gasteiger charge is -2.35. The summed E-state index contributed by atoms with van der Waals surface area (Å²) in [5.74, 6) is 1.23. The number of hydrogen-bond acceptors (Lipinski definition) is 4. The van der Waals surface area contributed by atoms with Crippen LogP contribution in [0.3, 0.4) is 0 Å². The molecule has 158 valence electrons. The van der Waals surface area contributed by atoms with Gasteiger partial charge in [-0.15, -0.1) is 0 Å². The standard InChI is InChI=1S/C23H39N3O2/c1-6-25(19(2)18-20-9-11-22(28-5)12-10-20)15-7-8-23(27)26-16-13-21(14-17-26)24(3)4/h9-12,19,21H,6-8,13-18H2,1-5H3/t19-/m0/s1. The highest BCUT2D eigenvalue weighted by Crippen LogP contribution is 2.17. The fraction of sp³-hybridized carbons (Fsp3) is 0.696. The Labute approximate surface area is 171 Å². The second-order valence-electron chi connectivity index (χ2n) is 8.21. The number of likely N-dealkylation sites (N-methyl/N-ethyl adjacent to an activating group) is 1. The van der Waals surface area contributed by atoms with Crippen LogP contribution in [0.4, 0.5) is 0 Å². The molecule has 0 radical (unpaired) electrons. The molecule has 0 saturated carbocycles. The summed E-state index contributed by atoms with van der Waals surface area (Å²) in [6.45, 7) is 8.30. The third-order valence-electron chi connectivity index (χ3n) is 6.10. The first kappa shape index (κ1) is 22.7. The van der Waals surface area contributed by atoms with E-state index in [1.165, 1.54) is 5.56 Å². The van der Waals surface area contributed by atoms with E-state index in [1.54, 1.807) is 7.11 Å². The average Bonchev–Trinajstić information content (AvgIpc) is 2.71. The molecular weight excluding hydrogens is 350 g/mol. The van der Waals surface area contributed by atoms with Crippen LogP contribution in [-0.4, -0.2) is 80.1 Å². The van der Waals surface area contributed by atoms with E-state index in [-0.39, 0.29) is 0 Å². The highest BCUT2D eigenvalue weighted by molar-refractivity contribution is 5.76. The van der Waals surface area contributed by atoms with Crippen LogP contribution in [0.15, 0.2) is 24.3 Å². The maximum absolute atomic E-state index is 12.5. The SMILES string of the molecule is CCN(CCCC(=O)N1CCC(N(C)C)CC1)[C@@H](C)Cc1ccc(OC)cc1. The maximum atomic E-state index is 12.5. The molecule has 1 aromatic rings. The molecule has 0 N–H and O–H groups in total. The van der Waals surface area contributed by atoms with Crippen molar-refractivity contribution < 1.29 is 9.53 Å². The molecule has 5 heteroatoms. The molecule has 1 heterocycles. The second-order valence-corrected chi connectivity index (χ2v) is 8.21. The largest absolute Gasteiger partial charge is 0.497 e. The van der Waals surface area contributed by atoms with Gasteiger partial charge in [0, 0.05) is 31.6 Å². The van der Waals surface area contributed by atoms with E-state index in [2.05, 4.69) is 54.8 Å². The number of rotatable bonds is 10. The molecule has 1 amide bonds. The Morgan fingerprint density at radius 1 is 1.21 bits per heavy atom. The molecule has 1 aromatic carbocycles. The zero-order chi connectivity index (χ0) is 20.5. The number of ether oxygens (including phenoxy) is 1. The van der Waals surface area contributed by atoms with Gasteiger partial charge >= 0.3 is 0 Å². The number of benzene rings is 1. The van der Waals surface area contributed by atoms with Crippen molar-refractivity contribution in [2.75, 3.05) is 47.4 Å². The minimum Gasteiger partial charge on any atom is -0.497 e. The lowest BCUT2D eigenvalue weighted by Crippen LogP contribution is -2.44. The van der Waals surface area contributed by atoms with Crippen molar-refractivity contribution in [1.29, 1.82) is 0 Å².